The monoisotopic (exact) mass is 1090 g/mol. The molecule has 0 amide bonds. The van der Waals surface area contributed by atoms with Crippen molar-refractivity contribution in [1.82, 2.24) is 0 Å². The summed E-state index contributed by atoms with van der Waals surface area (Å²) < 4.78 is 16.8. The van der Waals surface area contributed by atoms with E-state index in [9.17, 15) is 14.4 Å². The van der Waals surface area contributed by atoms with Gasteiger partial charge in [0.1, 0.15) is 13.2 Å². The minimum Gasteiger partial charge on any atom is -0.462 e. The fraction of sp³-hybridized carbons (Fsp3) is 0.575. The Hall–Kier alpha value is -5.23. The van der Waals surface area contributed by atoms with Gasteiger partial charge in [-0.15, -0.1) is 0 Å². The molecular weight excluding hydrogens is 973 g/mol. The average molecular weight is 1090 g/mol. The molecule has 6 heteroatoms. The van der Waals surface area contributed by atoms with Crippen LogP contribution in [-0.4, -0.2) is 37.2 Å². The van der Waals surface area contributed by atoms with Crippen molar-refractivity contribution in [3.8, 4) is 0 Å². The highest BCUT2D eigenvalue weighted by Gasteiger charge is 2.19. The van der Waals surface area contributed by atoms with Gasteiger partial charge in [-0.2, -0.15) is 0 Å². The molecule has 0 N–H and O–H groups in total. The Kier molecular flexibility index (Phi) is 61.0. The van der Waals surface area contributed by atoms with E-state index in [2.05, 4.69) is 179 Å². The first-order valence-corrected chi connectivity index (χ1v) is 31.6. The van der Waals surface area contributed by atoms with Gasteiger partial charge in [0, 0.05) is 12.8 Å². The van der Waals surface area contributed by atoms with E-state index < -0.39 is 12.1 Å². The predicted molar refractivity (Wildman–Crippen MR) is 343 cm³/mol. The van der Waals surface area contributed by atoms with E-state index in [1.54, 1.807) is 6.08 Å². The number of hydrogen-bond acceptors (Lipinski definition) is 6. The third-order valence-corrected chi connectivity index (χ3v) is 12.7. The largest absolute Gasteiger partial charge is 0.462 e. The quantitative estimate of drug-likeness (QED) is 0.0261. The maximum absolute atomic E-state index is 12.9. The first kappa shape index (κ1) is 73.8. The predicted octanol–water partition coefficient (Wildman–Crippen LogP) is 21.9. The summed E-state index contributed by atoms with van der Waals surface area (Å²) in [6.45, 7) is 6.29. The highest BCUT2D eigenvalue weighted by atomic mass is 16.6. The van der Waals surface area contributed by atoms with E-state index in [-0.39, 0.29) is 31.6 Å². The minimum atomic E-state index is -0.841. The van der Waals surface area contributed by atoms with Gasteiger partial charge < -0.3 is 14.2 Å². The molecule has 442 valence electrons. The van der Waals surface area contributed by atoms with Crippen molar-refractivity contribution >= 4 is 17.9 Å². The van der Waals surface area contributed by atoms with E-state index >= 15 is 0 Å². The molecule has 0 aromatic rings. The molecule has 0 aliphatic carbocycles. The van der Waals surface area contributed by atoms with Crippen LogP contribution in [0.4, 0.5) is 0 Å². The van der Waals surface area contributed by atoms with Gasteiger partial charge in [0.05, 0.1) is 6.42 Å². The zero-order chi connectivity index (χ0) is 57.1. The van der Waals surface area contributed by atoms with Gasteiger partial charge in [-0.25, -0.2) is 0 Å². The summed E-state index contributed by atoms with van der Waals surface area (Å²) in [6.07, 6.45) is 96.7. The van der Waals surface area contributed by atoms with Crippen LogP contribution in [0.5, 0.6) is 0 Å². The molecule has 0 saturated heterocycles. The van der Waals surface area contributed by atoms with Crippen LogP contribution in [0, 0.1) is 0 Å². The lowest BCUT2D eigenvalue weighted by Gasteiger charge is -2.18. The van der Waals surface area contributed by atoms with Crippen LogP contribution in [0.2, 0.25) is 0 Å². The highest BCUT2D eigenvalue weighted by Crippen LogP contribution is 2.14. The van der Waals surface area contributed by atoms with Crippen molar-refractivity contribution in [3.05, 3.63) is 170 Å². The van der Waals surface area contributed by atoms with E-state index in [1.165, 1.54) is 77.0 Å². The van der Waals surface area contributed by atoms with E-state index in [1.807, 2.05) is 6.08 Å². The van der Waals surface area contributed by atoms with Crippen LogP contribution in [0.25, 0.3) is 0 Å². The number of esters is 3. The highest BCUT2D eigenvalue weighted by molar-refractivity contribution is 5.72. The zero-order valence-electron chi connectivity index (χ0n) is 50.6. The summed E-state index contributed by atoms with van der Waals surface area (Å²) in [5.41, 5.74) is 0. The molecule has 0 bridgehead atoms. The molecule has 0 spiro atoms. The van der Waals surface area contributed by atoms with Gasteiger partial charge in [0.15, 0.2) is 6.10 Å². The summed E-state index contributed by atoms with van der Waals surface area (Å²) in [5.74, 6) is -1.10. The lowest BCUT2D eigenvalue weighted by Crippen LogP contribution is -2.30. The summed E-state index contributed by atoms with van der Waals surface area (Å²) in [6, 6.07) is 0. The molecule has 0 fully saturated rings. The summed E-state index contributed by atoms with van der Waals surface area (Å²) >= 11 is 0. The number of allylic oxidation sites excluding steroid dienone is 27. The molecular formula is C73H114O6. The minimum absolute atomic E-state index is 0.114. The number of rotatable bonds is 55. The second-order valence-electron chi connectivity index (χ2n) is 20.2. The molecule has 0 saturated carbocycles. The van der Waals surface area contributed by atoms with Crippen LogP contribution >= 0.6 is 0 Å². The first-order chi connectivity index (χ1) is 39.0. The third kappa shape index (κ3) is 63.5. The topological polar surface area (TPSA) is 78.9 Å². The van der Waals surface area contributed by atoms with Gasteiger partial charge in [-0.05, 0) is 135 Å². The van der Waals surface area contributed by atoms with Gasteiger partial charge >= 0.3 is 17.9 Å². The zero-order valence-corrected chi connectivity index (χ0v) is 50.6. The maximum atomic E-state index is 12.9. The van der Waals surface area contributed by atoms with Crippen LogP contribution in [-0.2, 0) is 28.6 Å². The second-order valence-corrected chi connectivity index (χ2v) is 20.2. The van der Waals surface area contributed by atoms with E-state index in [4.69, 9.17) is 14.2 Å². The van der Waals surface area contributed by atoms with Crippen molar-refractivity contribution in [2.75, 3.05) is 13.2 Å². The molecule has 0 aliphatic heterocycles. The Balaban J connectivity index is 4.50. The fourth-order valence-corrected chi connectivity index (χ4v) is 8.05. The Labute approximate surface area is 485 Å². The molecule has 0 radical (unpaired) electrons. The lowest BCUT2D eigenvalue weighted by molar-refractivity contribution is -0.166. The maximum Gasteiger partial charge on any atom is 0.309 e. The number of hydrogen-bond donors (Lipinski definition) is 0. The number of ether oxygens (including phenoxy) is 3. The van der Waals surface area contributed by atoms with Crippen molar-refractivity contribution in [1.29, 1.82) is 0 Å². The Bertz CT molecular complexity index is 1820. The Morgan fingerprint density at radius 1 is 0.278 bits per heavy atom. The molecule has 1 atom stereocenters. The molecule has 6 nitrogen and oxygen atoms in total. The van der Waals surface area contributed by atoms with Crippen molar-refractivity contribution in [2.45, 2.75) is 258 Å². The van der Waals surface area contributed by atoms with Gasteiger partial charge in [0.2, 0.25) is 0 Å². The second kappa shape index (κ2) is 65.3. The van der Waals surface area contributed by atoms with Crippen LogP contribution in [0.1, 0.15) is 252 Å². The molecule has 0 rings (SSSR count). The number of unbranched alkanes of at least 4 members (excludes halogenated alkanes) is 17. The van der Waals surface area contributed by atoms with Crippen LogP contribution < -0.4 is 0 Å². The fourth-order valence-electron chi connectivity index (χ4n) is 8.05. The smallest absolute Gasteiger partial charge is 0.309 e. The molecule has 0 aliphatic rings. The Morgan fingerprint density at radius 2 is 0.544 bits per heavy atom. The molecule has 0 aromatic carbocycles. The molecule has 1 unspecified atom stereocenters. The van der Waals surface area contributed by atoms with E-state index in [0.717, 1.165) is 135 Å². The lowest BCUT2D eigenvalue weighted by atomic mass is 10.1. The van der Waals surface area contributed by atoms with Crippen LogP contribution in [0.15, 0.2) is 170 Å². The SMILES string of the molecule is CC/C=C\C/C=C\C/C=C\C/C=C\C/C=C\C/C=C\C/C=C\C/C=C\CCCCCCC(=O)OCC(COC(=O)C/C=C\C/C=C\C/C=C\C/C=C\C/C=C\CC)OC(=O)CCCCCCCCC/C=C\CCCCCCCC. The van der Waals surface area contributed by atoms with Crippen molar-refractivity contribution in [2.24, 2.45) is 0 Å². The third-order valence-electron chi connectivity index (χ3n) is 12.7. The number of carbonyl (C=O) groups is 3. The first-order valence-electron chi connectivity index (χ1n) is 31.6. The standard InChI is InChI=1S/C73H114O6/c1-4-7-10-13-16-19-22-25-28-30-31-32-33-34-35-36-37-38-39-40-41-43-45-48-51-54-57-60-63-66-72(75)78-69-70(68-77-71(74)65-62-59-56-53-50-47-44-27-24-21-18-15-12-9-6-3)79-73(76)67-64-61-58-55-52-49-46-42-29-26-23-20-17-14-11-8-5-2/h7,9-10,12,16,18-19,21,25-29,31-32,34-35,37-38,40-41,44-45,48,50,53,59,62,70H,4-6,8,11,13-15,17,20,22-24,30,33,36,39,42-43,46-47,49,51-52,54-58,60-61,63-69H2,1-3H3/b10-7-,12-9-,19-16-,21-18-,28-25-,29-26-,32-31-,35-34-,38-37-,41-40-,44-27-,48-45-,53-50-,62-59-. The summed E-state index contributed by atoms with van der Waals surface area (Å²) in [7, 11) is 0. The molecule has 79 heavy (non-hydrogen) atoms. The van der Waals surface area contributed by atoms with Crippen molar-refractivity contribution in [3.63, 3.8) is 0 Å². The van der Waals surface area contributed by atoms with E-state index in [0.29, 0.717) is 12.8 Å². The van der Waals surface area contributed by atoms with Crippen LogP contribution in [0.3, 0.4) is 0 Å². The normalized spacial score (nSPS) is 13.3. The number of carbonyl (C=O) groups excluding carboxylic acids is 3. The average Bonchev–Trinajstić information content (AvgIpc) is 3.45. The molecule has 0 heterocycles. The van der Waals surface area contributed by atoms with Gasteiger partial charge in [-0.1, -0.05) is 268 Å². The summed E-state index contributed by atoms with van der Waals surface area (Å²) in [4.78, 5) is 38.2. The Morgan fingerprint density at radius 3 is 0.899 bits per heavy atom. The van der Waals surface area contributed by atoms with Gasteiger partial charge in [0.25, 0.3) is 0 Å². The summed E-state index contributed by atoms with van der Waals surface area (Å²) in [5, 5.41) is 0. The molecule has 0 aromatic heterocycles. The van der Waals surface area contributed by atoms with Gasteiger partial charge in [-0.3, -0.25) is 14.4 Å². The van der Waals surface area contributed by atoms with Crippen molar-refractivity contribution < 1.29 is 28.6 Å².